The Hall–Kier alpha value is -3.55. The number of nitrogens with one attached hydrogen (secondary N) is 1. The van der Waals surface area contributed by atoms with Gasteiger partial charge in [-0.3, -0.25) is 9.78 Å². The van der Waals surface area contributed by atoms with E-state index in [-0.39, 0.29) is 17.2 Å². The molecule has 0 saturated heterocycles. The third-order valence-corrected chi connectivity index (χ3v) is 4.37. The van der Waals surface area contributed by atoms with Crippen molar-refractivity contribution in [1.82, 2.24) is 9.55 Å². The second-order valence-electron chi connectivity index (χ2n) is 6.11. The minimum absolute atomic E-state index is 0.00755. The molecule has 13 nitrogen and oxygen atoms in total. The average molecular weight is 539 g/mol. The fourth-order valence-electron chi connectivity index (χ4n) is 2.07. The first-order chi connectivity index (χ1) is 16.4. The second kappa shape index (κ2) is 17.0. The van der Waals surface area contributed by atoms with Crippen molar-refractivity contribution in [2.24, 2.45) is 0 Å². The number of carbonyl (C=O) groups excluding carboxylic acids is 1. The van der Waals surface area contributed by atoms with Crippen LogP contribution in [0.3, 0.4) is 0 Å². The number of aromatic nitrogens is 2. The van der Waals surface area contributed by atoms with E-state index < -0.39 is 35.6 Å². The maximum atomic E-state index is 12.1. The quantitative estimate of drug-likeness (QED) is 0.347. The summed E-state index contributed by atoms with van der Waals surface area (Å²) in [6.45, 7) is 0.291. The van der Waals surface area contributed by atoms with Crippen molar-refractivity contribution >= 4 is 41.5 Å². The van der Waals surface area contributed by atoms with E-state index in [9.17, 15) is 14.4 Å². The number of carboxylic acid groups (broad SMARTS) is 2. The van der Waals surface area contributed by atoms with Gasteiger partial charge in [-0.25, -0.2) is 19.2 Å². The van der Waals surface area contributed by atoms with Gasteiger partial charge in [0.1, 0.15) is 6.61 Å². The van der Waals surface area contributed by atoms with Crippen molar-refractivity contribution in [2.45, 2.75) is 19.1 Å². The summed E-state index contributed by atoms with van der Waals surface area (Å²) in [5.74, 6) is -0.593. The SMILES string of the molecule is COC(=O)O.COC(=O)O.COC(CCn1ccc(=O)[nH]c1=O)COC(=O)c1ccc(Cl)cc1Cl. The zero-order chi connectivity index (χ0) is 27.0. The summed E-state index contributed by atoms with van der Waals surface area (Å²) in [5.41, 5.74) is -0.761. The molecular formula is C20H24Cl2N2O11. The fourth-order valence-corrected chi connectivity index (χ4v) is 2.56. The number of halogens is 2. The van der Waals surface area contributed by atoms with Gasteiger partial charge in [-0.2, -0.15) is 0 Å². The van der Waals surface area contributed by atoms with Crippen molar-refractivity contribution in [3.8, 4) is 0 Å². The number of hydrogen-bond acceptors (Lipinski definition) is 9. The minimum Gasteiger partial charge on any atom is -0.459 e. The topological polar surface area (TPSA) is 183 Å². The molecule has 0 aliphatic heterocycles. The molecule has 0 bridgehead atoms. The van der Waals surface area contributed by atoms with Crippen LogP contribution in [0.5, 0.6) is 0 Å². The zero-order valence-corrected chi connectivity index (χ0v) is 20.4. The lowest BCUT2D eigenvalue weighted by atomic mass is 10.2. The van der Waals surface area contributed by atoms with Crippen LogP contribution in [-0.2, 0) is 25.5 Å². The maximum Gasteiger partial charge on any atom is 0.505 e. The highest BCUT2D eigenvalue weighted by Gasteiger charge is 2.16. The number of rotatable bonds is 7. The molecule has 2 rings (SSSR count). The molecule has 194 valence electrons. The molecule has 0 amide bonds. The van der Waals surface area contributed by atoms with Gasteiger partial charge in [-0.15, -0.1) is 0 Å². The predicted octanol–water partition coefficient (Wildman–Crippen LogP) is 2.73. The molecule has 1 atom stereocenters. The Bertz CT molecular complexity index is 1070. The summed E-state index contributed by atoms with van der Waals surface area (Å²) in [5, 5.41) is 15.6. The molecule has 0 saturated carbocycles. The lowest BCUT2D eigenvalue weighted by Gasteiger charge is -2.16. The van der Waals surface area contributed by atoms with Crippen LogP contribution in [0.1, 0.15) is 16.8 Å². The molecule has 2 aromatic rings. The number of carbonyl (C=O) groups is 3. The monoisotopic (exact) mass is 538 g/mol. The number of H-pyrrole nitrogens is 1. The smallest absolute Gasteiger partial charge is 0.459 e. The number of nitrogens with zero attached hydrogens (tertiary/aromatic N) is 1. The third-order valence-electron chi connectivity index (χ3n) is 3.82. The van der Waals surface area contributed by atoms with Crippen LogP contribution in [0, 0.1) is 0 Å². The number of benzene rings is 1. The Balaban J connectivity index is 0.000000975. The van der Waals surface area contributed by atoms with Gasteiger partial charge in [0.2, 0.25) is 0 Å². The highest BCUT2D eigenvalue weighted by atomic mass is 35.5. The zero-order valence-electron chi connectivity index (χ0n) is 18.9. The average Bonchev–Trinajstić information content (AvgIpc) is 2.80. The van der Waals surface area contributed by atoms with Gasteiger partial charge in [0.25, 0.3) is 5.56 Å². The van der Waals surface area contributed by atoms with Crippen molar-refractivity contribution < 1.29 is 43.5 Å². The first-order valence-electron chi connectivity index (χ1n) is 9.43. The number of hydrogen-bond donors (Lipinski definition) is 3. The van der Waals surface area contributed by atoms with Crippen LogP contribution in [0.15, 0.2) is 40.1 Å². The van der Waals surface area contributed by atoms with Crippen LogP contribution in [0.25, 0.3) is 0 Å². The molecule has 0 aliphatic carbocycles. The lowest BCUT2D eigenvalue weighted by molar-refractivity contribution is 0.00651. The molecular weight excluding hydrogens is 515 g/mol. The van der Waals surface area contributed by atoms with Gasteiger partial charge in [0.05, 0.1) is 30.9 Å². The number of aromatic amines is 1. The first kappa shape index (κ1) is 31.4. The molecule has 0 fully saturated rings. The maximum absolute atomic E-state index is 12.1. The Morgan fingerprint density at radius 2 is 1.60 bits per heavy atom. The van der Waals surface area contributed by atoms with Crippen LogP contribution in [-0.4, -0.2) is 72.1 Å². The van der Waals surface area contributed by atoms with E-state index in [1.807, 2.05) is 0 Å². The van der Waals surface area contributed by atoms with E-state index in [1.54, 1.807) is 6.07 Å². The summed E-state index contributed by atoms with van der Waals surface area (Å²) in [7, 11) is 3.67. The highest BCUT2D eigenvalue weighted by molar-refractivity contribution is 6.36. The van der Waals surface area contributed by atoms with E-state index in [0.717, 1.165) is 14.2 Å². The minimum atomic E-state index is -1.25. The summed E-state index contributed by atoms with van der Waals surface area (Å²) < 4.78 is 19.1. The van der Waals surface area contributed by atoms with Gasteiger partial charge in [0, 0.05) is 30.9 Å². The molecule has 1 heterocycles. The second-order valence-corrected chi connectivity index (χ2v) is 6.96. The molecule has 1 aromatic heterocycles. The molecule has 3 N–H and O–H groups in total. The number of aryl methyl sites for hydroxylation is 1. The number of ether oxygens (including phenoxy) is 4. The Labute approximate surface area is 208 Å². The van der Waals surface area contributed by atoms with Gasteiger partial charge < -0.3 is 33.7 Å². The first-order valence-corrected chi connectivity index (χ1v) is 10.2. The van der Waals surface area contributed by atoms with Gasteiger partial charge >= 0.3 is 24.0 Å². The van der Waals surface area contributed by atoms with Gasteiger partial charge in [-0.1, -0.05) is 23.2 Å². The Kier molecular flexibility index (Phi) is 15.2. The molecule has 0 spiro atoms. The van der Waals surface area contributed by atoms with Crippen LogP contribution in [0.2, 0.25) is 10.0 Å². The third kappa shape index (κ3) is 13.7. The van der Waals surface area contributed by atoms with Gasteiger partial charge in [0.15, 0.2) is 0 Å². The fraction of sp³-hybridized carbons (Fsp3) is 0.350. The van der Waals surface area contributed by atoms with Crippen LogP contribution >= 0.6 is 23.2 Å². The molecule has 1 aromatic carbocycles. The summed E-state index contributed by atoms with van der Waals surface area (Å²) >= 11 is 11.7. The van der Waals surface area contributed by atoms with Crippen molar-refractivity contribution in [2.75, 3.05) is 27.9 Å². The predicted molar refractivity (Wildman–Crippen MR) is 124 cm³/mol. The summed E-state index contributed by atoms with van der Waals surface area (Å²) in [6, 6.07) is 5.73. The van der Waals surface area contributed by atoms with E-state index in [4.69, 9.17) is 52.5 Å². The highest BCUT2D eigenvalue weighted by Crippen LogP contribution is 2.21. The van der Waals surface area contributed by atoms with Crippen molar-refractivity contribution in [3.63, 3.8) is 0 Å². The van der Waals surface area contributed by atoms with E-state index in [1.165, 1.54) is 36.1 Å². The number of esters is 1. The number of methoxy groups -OCH3 is 3. The molecule has 1 unspecified atom stereocenters. The molecule has 35 heavy (non-hydrogen) atoms. The standard InChI is InChI=1S/C16H16Cl2N2O5.2C2H4O3/c1-24-11(4-6-20-7-5-14(21)19-16(20)23)9-25-15(22)12-3-2-10(17)8-13(12)18;2*1-5-2(3)4/h2-3,5,7-8,11H,4,6,9H2,1H3,(H,19,21,23);2*1H3,(H,3,4). The normalized spacial score (nSPS) is 10.4. The van der Waals surface area contributed by atoms with Crippen molar-refractivity contribution in [1.29, 1.82) is 0 Å². The van der Waals surface area contributed by atoms with E-state index in [2.05, 4.69) is 14.5 Å². The van der Waals surface area contributed by atoms with Crippen molar-refractivity contribution in [3.05, 3.63) is 66.9 Å². The molecule has 0 aliphatic rings. The lowest BCUT2D eigenvalue weighted by Crippen LogP contribution is -2.31. The summed E-state index contributed by atoms with van der Waals surface area (Å²) in [4.78, 5) is 55.2. The Morgan fingerprint density at radius 1 is 1.03 bits per heavy atom. The summed E-state index contributed by atoms with van der Waals surface area (Å²) in [6.07, 6.45) is -1.11. The van der Waals surface area contributed by atoms with Crippen LogP contribution in [0.4, 0.5) is 9.59 Å². The van der Waals surface area contributed by atoms with Crippen LogP contribution < -0.4 is 11.2 Å². The van der Waals surface area contributed by atoms with Gasteiger partial charge in [-0.05, 0) is 24.6 Å². The Morgan fingerprint density at radius 3 is 2.06 bits per heavy atom. The molecule has 0 radical (unpaired) electrons. The molecule has 15 heteroatoms. The van der Waals surface area contributed by atoms with E-state index in [0.29, 0.717) is 18.0 Å². The van der Waals surface area contributed by atoms with E-state index >= 15 is 0 Å². The largest absolute Gasteiger partial charge is 0.505 e.